The van der Waals surface area contributed by atoms with Gasteiger partial charge in [-0.25, -0.2) is 9.78 Å². The molecule has 1 atom stereocenters. The molecule has 3 heterocycles. The number of carbonyl (C=O) groups excluding carboxylic acids is 2. The molecule has 8 heteroatoms. The van der Waals surface area contributed by atoms with Gasteiger partial charge < -0.3 is 10.1 Å². The number of pyridine rings is 1. The van der Waals surface area contributed by atoms with E-state index in [-0.39, 0.29) is 12.5 Å². The van der Waals surface area contributed by atoms with Gasteiger partial charge in [-0.2, -0.15) is 0 Å². The van der Waals surface area contributed by atoms with E-state index in [0.29, 0.717) is 18.0 Å². The highest BCUT2D eigenvalue weighted by atomic mass is 32.1. The van der Waals surface area contributed by atoms with Crippen molar-refractivity contribution in [3.8, 4) is 5.75 Å². The summed E-state index contributed by atoms with van der Waals surface area (Å²) >= 11 is 1.44. The maximum Gasteiger partial charge on any atom is 0.325 e. The summed E-state index contributed by atoms with van der Waals surface area (Å²) < 4.78 is 5.74. The van der Waals surface area contributed by atoms with Gasteiger partial charge in [0.2, 0.25) is 0 Å². The van der Waals surface area contributed by atoms with E-state index in [1.54, 1.807) is 31.3 Å². The number of rotatable bonds is 6. The molecule has 1 aromatic carbocycles. The van der Waals surface area contributed by atoms with E-state index in [1.807, 2.05) is 36.6 Å². The number of aromatic nitrogens is 2. The number of nitrogens with zero attached hydrogens (tertiary/aromatic N) is 3. The van der Waals surface area contributed by atoms with E-state index in [1.165, 1.54) is 21.8 Å². The number of carbonyl (C=O) groups is 2. The van der Waals surface area contributed by atoms with Crippen molar-refractivity contribution in [2.24, 2.45) is 0 Å². The van der Waals surface area contributed by atoms with Crippen LogP contribution in [0.4, 0.5) is 4.79 Å². The van der Waals surface area contributed by atoms with Crippen LogP contribution >= 0.6 is 11.3 Å². The van der Waals surface area contributed by atoms with Crippen molar-refractivity contribution >= 4 is 23.3 Å². The number of benzene rings is 1. The number of urea groups is 1. The molecule has 1 N–H and O–H groups in total. The van der Waals surface area contributed by atoms with Crippen LogP contribution < -0.4 is 10.1 Å². The Morgan fingerprint density at radius 1 is 1.17 bits per heavy atom. The summed E-state index contributed by atoms with van der Waals surface area (Å²) in [6.45, 7) is 4.12. The van der Waals surface area contributed by atoms with Crippen LogP contribution in [0.5, 0.6) is 5.75 Å². The summed E-state index contributed by atoms with van der Waals surface area (Å²) in [5, 5.41) is 5.37. The average Bonchev–Trinajstić information content (AvgIpc) is 3.27. The van der Waals surface area contributed by atoms with E-state index in [2.05, 4.69) is 15.3 Å². The smallest absolute Gasteiger partial charge is 0.325 e. The molecule has 4 rings (SSSR count). The van der Waals surface area contributed by atoms with Crippen LogP contribution in [0.15, 0.2) is 54.0 Å². The number of imide groups is 1. The van der Waals surface area contributed by atoms with Gasteiger partial charge in [0.15, 0.2) is 5.54 Å². The molecule has 0 radical (unpaired) electrons. The molecule has 3 amide bonds. The highest BCUT2D eigenvalue weighted by Gasteiger charge is 2.50. The molecule has 0 saturated carbocycles. The first-order valence-electron chi connectivity index (χ1n) is 9.14. The molecule has 1 saturated heterocycles. The van der Waals surface area contributed by atoms with Gasteiger partial charge >= 0.3 is 6.03 Å². The topological polar surface area (TPSA) is 84.4 Å². The van der Waals surface area contributed by atoms with Crippen molar-refractivity contribution < 1.29 is 14.3 Å². The molecule has 0 spiro atoms. The highest BCUT2D eigenvalue weighted by molar-refractivity contribution is 7.09. The summed E-state index contributed by atoms with van der Waals surface area (Å²) in [6.07, 6.45) is 1.60. The SMILES string of the molecule is Cc1ccc(OCc2nc(CN3C(=O)NC(C)(c4ccccn4)C3=O)cs2)cc1. The lowest BCUT2D eigenvalue weighted by Crippen LogP contribution is -2.41. The molecular weight excluding hydrogens is 388 g/mol. The van der Waals surface area contributed by atoms with E-state index < -0.39 is 11.6 Å². The van der Waals surface area contributed by atoms with Gasteiger partial charge in [0.1, 0.15) is 17.4 Å². The summed E-state index contributed by atoms with van der Waals surface area (Å²) in [6, 6.07) is 12.6. The zero-order chi connectivity index (χ0) is 20.4. The van der Waals surface area contributed by atoms with Crippen molar-refractivity contribution in [1.82, 2.24) is 20.2 Å². The molecule has 1 fully saturated rings. The van der Waals surface area contributed by atoms with Gasteiger partial charge in [-0.1, -0.05) is 23.8 Å². The molecule has 1 aliphatic rings. The third-order valence-electron chi connectivity index (χ3n) is 4.75. The third-order valence-corrected chi connectivity index (χ3v) is 5.63. The maximum absolute atomic E-state index is 12.9. The summed E-state index contributed by atoms with van der Waals surface area (Å²) in [4.78, 5) is 35.3. The molecule has 7 nitrogen and oxygen atoms in total. The van der Waals surface area contributed by atoms with Crippen LogP contribution in [0, 0.1) is 6.92 Å². The Morgan fingerprint density at radius 3 is 2.69 bits per heavy atom. The zero-order valence-corrected chi connectivity index (χ0v) is 16.9. The van der Waals surface area contributed by atoms with E-state index in [9.17, 15) is 9.59 Å². The lowest BCUT2D eigenvalue weighted by atomic mass is 9.97. The molecule has 3 aromatic rings. The molecule has 2 aromatic heterocycles. The largest absolute Gasteiger partial charge is 0.486 e. The first-order chi connectivity index (χ1) is 14.0. The number of ether oxygens (including phenoxy) is 1. The van der Waals surface area contributed by atoms with Crippen LogP contribution in [0.25, 0.3) is 0 Å². The predicted molar refractivity (Wildman–Crippen MR) is 108 cm³/mol. The number of amides is 3. The van der Waals surface area contributed by atoms with Crippen LogP contribution in [-0.2, 0) is 23.5 Å². The Kier molecular flexibility index (Phi) is 5.02. The Morgan fingerprint density at radius 2 is 1.97 bits per heavy atom. The first kappa shape index (κ1) is 19.1. The maximum atomic E-state index is 12.9. The van der Waals surface area contributed by atoms with E-state index >= 15 is 0 Å². The standard InChI is InChI=1S/C21H20N4O3S/c1-14-6-8-16(9-7-14)28-12-18-23-15(13-29-18)11-25-19(26)21(2,24-20(25)27)17-5-3-4-10-22-17/h3-10,13H,11-12H2,1-2H3,(H,24,27). The Bertz CT molecular complexity index is 1040. The van der Waals surface area contributed by atoms with Gasteiger partial charge in [-0.05, 0) is 38.1 Å². The Labute approximate surface area is 172 Å². The quantitative estimate of drug-likeness (QED) is 0.632. The van der Waals surface area contributed by atoms with Crippen LogP contribution in [-0.4, -0.2) is 26.8 Å². The third kappa shape index (κ3) is 3.84. The number of aryl methyl sites for hydroxylation is 1. The van der Waals surface area contributed by atoms with Gasteiger partial charge in [0.25, 0.3) is 5.91 Å². The second-order valence-electron chi connectivity index (χ2n) is 7.00. The second kappa shape index (κ2) is 7.63. The molecule has 1 aliphatic heterocycles. The van der Waals surface area contributed by atoms with Crippen LogP contribution in [0.1, 0.15) is 28.9 Å². The van der Waals surface area contributed by atoms with Gasteiger partial charge in [-0.15, -0.1) is 11.3 Å². The van der Waals surface area contributed by atoms with Crippen molar-refractivity contribution in [2.75, 3.05) is 0 Å². The van der Waals surface area contributed by atoms with Crippen molar-refractivity contribution in [1.29, 1.82) is 0 Å². The van der Waals surface area contributed by atoms with Gasteiger partial charge in [0, 0.05) is 11.6 Å². The van der Waals surface area contributed by atoms with Gasteiger partial charge in [-0.3, -0.25) is 14.7 Å². The minimum absolute atomic E-state index is 0.105. The number of thiazole rings is 1. The number of hydrogen-bond donors (Lipinski definition) is 1. The molecule has 0 bridgehead atoms. The molecular formula is C21H20N4O3S. The predicted octanol–water partition coefficient (Wildman–Crippen LogP) is 3.39. The van der Waals surface area contributed by atoms with Crippen LogP contribution in [0.2, 0.25) is 0 Å². The molecule has 1 unspecified atom stereocenters. The highest BCUT2D eigenvalue weighted by Crippen LogP contribution is 2.28. The summed E-state index contributed by atoms with van der Waals surface area (Å²) in [5.74, 6) is 0.430. The monoisotopic (exact) mass is 408 g/mol. The fraction of sp³-hybridized carbons (Fsp3) is 0.238. The van der Waals surface area contributed by atoms with E-state index in [0.717, 1.165) is 10.8 Å². The van der Waals surface area contributed by atoms with Crippen molar-refractivity contribution in [3.63, 3.8) is 0 Å². The second-order valence-corrected chi connectivity index (χ2v) is 7.94. The number of nitrogens with one attached hydrogen (secondary N) is 1. The lowest BCUT2D eigenvalue weighted by Gasteiger charge is -2.20. The molecule has 0 aliphatic carbocycles. The summed E-state index contributed by atoms with van der Waals surface area (Å²) in [7, 11) is 0. The van der Waals surface area contributed by atoms with Crippen molar-refractivity contribution in [2.45, 2.75) is 32.5 Å². The minimum atomic E-state index is -1.17. The normalized spacial score (nSPS) is 18.8. The van der Waals surface area contributed by atoms with E-state index in [4.69, 9.17) is 4.74 Å². The molecule has 29 heavy (non-hydrogen) atoms. The van der Waals surface area contributed by atoms with Crippen molar-refractivity contribution in [3.05, 3.63) is 76.0 Å². The zero-order valence-electron chi connectivity index (χ0n) is 16.1. The fourth-order valence-corrected chi connectivity index (χ4v) is 3.80. The fourth-order valence-electron chi connectivity index (χ4n) is 3.10. The number of hydrogen-bond acceptors (Lipinski definition) is 6. The minimum Gasteiger partial charge on any atom is -0.486 e. The average molecular weight is 408 g/mol. The first-order valence-corrected chi connectivity index (χ1v) is 10.0. The van der Waals surface area contributed by atoms with Crippen LogP contribution in [0.3, 0.4) is 0 Å². The Hall–Kier alpha value is -3.26. The van der Waals surface area contributed by atoms with Gasteiger partial charge in [0.05, 0.1) is 17.9 Å². The molecule has 148 valence electrons. The summed E-state index contributed by atoms with van der Waals surface area (Å²) in [5.41, 5.74) is 1.14. The lowest BCUT2D eigenvalue weighted by molar-refractivity contribution is -0.131. The Balaban J connectivity index is 1.42.